The lowest BCUT2D eigenvalue weighted by Gasteiger charge is -2.26. The predicted octanol–water partition coefficient (Wildman–Crippen LogP) is 3.19. The highest BCUT2D eigenvalue weighted by molar-refractivity contribution is 5.19. The molecule has 2 rings (SSSR count). The summed E-state index contributed by atoms with van der Waals surface area (Å²) in [5.41, 5.74) is 1.27. The second kappa shape index (κ2) is 5.46. The van der Waals surface area contributed by atoms with E-state index in [2.05, 4.69) is 38.1 Å². The van der Waals surface area contributed by atoms with E-state index in [1.54, 1.807) is 0 Å². The molecule has 0 spiro atoms. The third kappa shape index (κ3) is 2.45. The summed E-state index contributed by atoms with van der Waals surface area (Å²) in [5, 5.41) is 0. The van der Waals surface area contributed by atoms with E-state index in [9.17, 15) is 0 Å². The van der Waals surface area contributed by atoms with Crippen molar-refractivity contribution < 1.29 is 9.47 Å². The Morgan fingerprint density at radius 3 is 2.69 bits per heavy atom. The molecule has 88 valence electrons. The second-order valence-corrected chi connectivity index (χ2v) is 4.32. The number of rotatable bonds is 4. The summed E-state index contributed by atoms with van der Waals surface area (Å²) >= 11 is 0. The molecule has 0 aromatic heterocycles. The van der Waals surface area contributed by atoms with Crippen molar-refractivity contribution in [3.8, 4) is 0 Å². The Kier molecular flexibility index (Phi) is 3.97. The Bertz CT molecular complexity index is 310. The minimum Gasteiger partial charge on any atom is -0.378 e. The third-order valence-corrected chi connectivity index (χ3v) is 3.30. The van der Waals surface area contributed by atoms with Crippen LogP contribution < -0.4 is 0 Å². The van der Waals surface area contributed by atoms with Crippen LogP contribution in [-0.4, -0.2) is 19.3 Å². The van der Waals surface area contributed by atoms with Crippen LogP contribution in [0.2, 0.25) is 0 Å². The first-order chi connectivity index (χ1) is 7.83. The fourth-order valence-corrected chi connectivity index (χ4v) is 2.44. The van der Waals surface area contributed by atoms with Gasteiger partial charge in [-0.2, -0.15) is 0 Å². The maximum absolute atomic E-state index is 5.90. The smallest absolute Gasteiger partial charge is 0.0878 e. The first-order valence-corrected chi connectivity index (χ1v) is 6.11. The lowest BCUT2D eigenvalue weighted by molar-refractivity contribution is -0.00909. The Morgan fingerprint density at radius 1 is 1.38 bits per heavy atom. The van der Waals surface area contributed by atoms with Gasteiger partial charge in [0.25, 0.3) is 0 Å². The zero-order valence-corrected chi connectivity index (χ0v) is 10.1. The first-order valence-electron chi connectivity index (χ1n) is 6.11. The number of benzene rings is 1. The van der Waals surface area contributed by atoms with Gasteiger partial charge in [-0.1, -0.05) is 30.3 Å². The molecule has 0 amide bonds. The van der Waals surface area contributed by atoms with Crippen molar-refractivity contribution >= 4 is 0 Å². The molecule has 2 heteroatoms. The molecule has 0 aliphatic carbocycles. The molecule has 0 N–H and O–H groups in total. The van der Waals surface area contributed by atoms with E-state index in [0.29, 0.717) is 12.0 Å². The average molecular weight is 220 g/mol. The molecular formula is C14H20O2. The van der Waals surface area contributed by atoms with Crippen molar-refractivity contribution in [3.05, 3.63) is 35.9 Å². The van der Waals surface area contributed by atoms with Gasteiger partial charge in [-0.25, -0.2) is 0 Å². The minimum atomic E-state index is 0.184. The predicted molar refractivity (Wildman–Crippen MR) is 64.3 cm³/mol. The SMILES string of the molecule is CCO[C@@H](c1ccccc1)[C@@H]1CCO[C@H]1C. The van der Waals surface area contributed by atoms with Gasteiger partial charge in [0, 0.05) is 19.1 Å². The van der Waals surface area contributed by atoms with Crippen molar-refractivity contribution in [1.82, 2.24) is 0 Å². The minimum absolute atomic E-state index is 0.184. The summed E-state index contributed by atoms with van der Waals surface area (Å²) in [7, 11) is 0. The molecule has 1 fully saturated rings. The summed E-state index contributed by atoms with van der Waals surface area (Å²) < 4.78 is 11.5. The van der Waals surface area contributed by atoms with Gasteiger partial charge in [0.2, 0.25) is 0 Å². The summed E-state index contributed by atoms with van der Waals surface area (Å²) in [6.45, 7) is 5.81. The van der Waals surface area contributed by atoms with Gasteiger partial charge in [0.15, 0.2) is 0 Å². The van der Waals surface area contributed by atoms with Crippen LogP contribution in [0.25, 0.3) is 0 Å². The molecule has 1 aliphatic rings. The maximum Gasteiger partial charge on any atom is 0.0878 e. The molecule has 1 heterocycles. The quantitative estimate of drug-likeness (QED) is 0.776. The van der Waals surface area contributed by atoms with Gasteiger partial charge in [-0.05, 0) is 25.8 Å². The molecule has 16 heavy (non-hydrogen) atoms. The van der Waals surface area contributed by atoms with E-state index < -0.39 is 0 Å². The highest BCUT2D eigenvalue weighted by Gasteiger charge is 2.33. The van der Waals surface area contributed by atoms with E-state index >= 15 is 0 Å². The molecule has 0 radical (unpaired) electrons. The van der Waals surface area contributed by atoms with Crippen LogP contribution in [0.3, 0.4) is 0 Å². The van der Waals surface area contributed by atoms with Crippen molar-refractivity contribution in [2.45, 2.75) is 32.5 Å². The van der Waals surface area contributed by atoms with Crippen LogP contribution >= 0.6 is 0 Å². The van der Waals surface area contributed by atoms with Gasteiger partial charge in [-0.3, -0.25) is 0 Å². The van der Waals surface area contributed by atoms with E-state index in [-0.39, 0.29) is 6.10 Å². The van der Waals surface area contributed by atoms with Crippen molar-refractivity contribution in [2.75, 3.05) is 13.2 Å². The number of ether oxygens (including phenoxy) is 2. The van der Waals surface area contributed by atoms with Crippen LogP contribution in [0.4, 0.5) is 0 Å². The van der Waals surface area contributed by atoms with Crippen LogP contribution in [-0.2, 0) is 9.47 Å². The third-order valence-electron chi connectivity index (χ3n) is 3.30. The van der Waals surface area contributed by atoms with Gasteiger partial charge in [0.05, 0.1) is 12.2 Å². The Morgan fingerprint density at radius 2 is 2.12 bits per heavy atom. The van der Waals surface area contributed by atoms with Crippen molar-refractivity contribution in [1.29, 1.82) is 0 Å². The molecule has 0 saturated carbocycles. The fourth-order valence-electron chi connectivity index (χ4n) is 2.44. The van der Waals surface area contributed by atoms with Crippen LogP contribution in [0, 0.1) is 5.92 Å². The zero-order valence-electron chi connectivity index (χ0n) is 10.1. The molecule has 0 unspecified atom stereocenters. The van der Waals surface area contributed by atoms with Gasteiger partial charge in [0.1, 0.15) is 0 Å². The molecule has 1 aliphatic heterocycles. The molecule has 1 aromatic rings. The average Bonchev–Trinajstić information content (AvgIpc) is 2.73. The van der Waals surface area contributed by atoms with Gasteiger partial charge in [-0.15, -0.1) is 0 Å². The first kappa shape index (κ1) is 11.6. The Hall–Kier alpha value is -0.860. The summed E-state index contributed by atoms with van der Waals surface area (Å²) in [4.78, 5) is 0. The normalized spacial score (nSPS) is 26.9. The van der Waals surface area contributed by atoms with Crippen LogP contribution in [0.15, 0.2) is 30.3 Å². The topological polar surface area (TPSA) is 18.5 Å². The standard InChI is InChI=1S/C14H20O2/c1-3-15-14(12-7-5-4-6-8-12)13-9-10-16-11(13)2/h4-8,11,13-14H,3,9-10H2,1-2H3/t11-,13+,14-/m0/s1. The summed E-state index contributed by atoms with van der Waals surface area (Å²) in [5.74, 6) is 0.488. The van der Waals surface area contributed by atoms with Gasteiger partial charge >= 0.3 is 0 Å². The highest BCUT2D eigenvalue weighted by Crippen LogP contribution is 2.35. The molecule has 1 saturated heterocycles. The number of hydrogen-bond donors (Lipinski definition) is 0. The lowest BCUT2D eigenvalue weighted by atomic mass is 9.90. The Balaban J connectivity index is 2.16. The largest absolute Gasteiger partial charge is 0.378 e. The van der Waals surface area contributed by atoms with Crippen molar-refractivity contribution in [2.24, 2.45) is 5.92 Å². The van der Waals surface area contributed by atoms with E-state index in [0.717, 1.165) is 19.6 Å². The number of hydrogen-bond acceptors (Lipinski definition) is 2. The maximum atomic E-state index is 5.90. The van der Waals surface area contributed by atoms with Crippen LogP contribution in [0.1, 0.15) is 31.9 Å². The molecular weight excluding hydrogens is 200 g/mol. The monoisotopic (exact) mass is 220 g/mol. The van der Waals surface area contributed by atoms with E-state index in [1.807, 2.05) is 6.07 Å². The molecule has 0 bridgehead atoms. The highest BCUT2D eigenvalue weighted by atomic mass is 16.5. The van der Waals surface area contributed by atoms with E-state index in [4.69, 9.17) is 9.47 Å². The van der Waals surface area contributed by atoms with Crippen molar-refractivity contribution in [3.63, 3.8) is 0 Å². The van der Waals surface area contributed by atoms with E-state index in [1.165, 1.54) is 5.56 Å². The molecule has 3 atom stereocenters. The summed E-state index contributed by atoms with van der Waals surface area (Å²) in [6.07, 6.45) is 1.58. The summed E-state index contributed by atoms with van der Waals surface area (Å²) in [6, 6.07) is 10.5. The van der Waals surface area contributed by atoms with Crippen LogP contribution in [0.5, 0.6) is 0 Å². The fraction of sp³-hybridized carbons (Fsp3) is 0.571. The molecule has 2 nitrogen and oxygen atoms in total. The lowest BCUT2D eigenvalue weighted by Crippen LogP contribution is -2.22. The zero-order chi connectivity index (χ0) is 11.4. The Labute approximate surface area is 97.6 Å². The van der Waals surface area contributed by atoms with Gasteiger partial charge < -0.3 is 9.47 Å². The molecule has 1 aromatic carbocycles. The second-order valence-electron chi connectivity index (χ2n) is 4.32.